The third-order valence-electron chi connectivity index (χ3n) is 4.43. The van der Waals surface area contributed by atoms with Gasteiger partial charge in [-0.3, -0.25) is 0 Å². The molecule has 0 aliphatic rings. The smallest absolute Gasteiger partial charge is 0.157 e. The summed E-state index contributed by atoms with van der Waals surface area (Å²) in [6, 6.07) is 16.1. The minimum absolute atomic E-state index is 0.190. The van der Waals surface area contributed by atoms with Crippen molar-refractivity contribution in [1.82, 2.24) is 4.98 Å². The van der Waals surface area contributed by atoms with Crippen LogP contribution < -0.4 is 9.47 Å². The van der Waals surface area contributed by atoms with Crippen molar-refractivity contribution < 1.29 is 18.9 Å². The Labute approximate surface area is 180 Å². The maximum Gasteiger partial charge on any atom is 0.157 e. The molecule has 1 heterocycles. The summed E-state index contributed by atoms with van der Waals surface area (Å²) in [5.41, 5.74) is 3.15. The average molecular weight is 432 g/mol. The first-order chi connectivity index (χ1) is 14.2. The van der Waals surface area contributed by atoms with E-state index in [2.05, 4.69) is 12.1 Å². The van der Waals surface area contributed by atoms with Gasteiger partial charge in [-0.1, -0.05) is 11.8 Å². The summed E-state index contributed by atoms with van der Waals surface area (Å²) in [6.07, 6.45) is 0.608. The highest BCUT2D eigenvalue weighted by Crippen LogP contribution is 2.41. The summed E-state index contributed by atoms with van der Waals surface area (Å²) in [5.74, 6) is 2.53. The molecule has 0 bridgehead atoms. The van der Waals surface area contributed by atoms with Crippen LogP contribution in [-0.2, 0) is 9.47 Å². The van der Waals surface area contributed by atoms with E-state index in [1.54, 1.807) is 51.5 Å². The number of thiazole rings is 1. The Bertz CT molecular complexity index is 825. The number of ether oxygens (including phenoxy) is 4. The predicted molar refractivity (Wildman–Crippen MR) is 119 cm³/mol. The van der Waals surface area contributed by atoms with E-state index < -0.39 is 0 Å². The second-order valence-corrected chi connectivity index (χ2v) is 8.49. The SMILES string of the molecule is COc1ccc(-c2nc(SCCC(OC)OC)sc2-c2ccc(OC)cc2)cc1. The number of methoxy groups -OCH3 is 4. The zero-order valence-electron chi connectivity index (χ0n) is 17.0. The van der Waals surface area contributed by atoms with Crippen LogP contribution in [0, 0.1) is 0 Å². The van der Waals surface area contributed by atoms with Gasteiger partial charge in [0.2, 0.25) is 0 Å². The van der Waals surface area contributed by atoms with Crippen LogP contribution in [0.3, 0.4) is 0 Å². The molecule has 0 saturated carbocycles. The van der Waals surface area contributed by atoms with Crippen LogP contribution in [0.25, 0.3) is 21.7 Å². The largest absolute Gasteiger partial charge is 0.497 e. The fourth-order valence-corrected chi connectivity index (χ4v) is 5.02. The van der Waals surface area contributed by atoms with Crippen LogP contribution in [0.15, 0.2) is 52.9 Å². The molecule has 0 radical (unpaired) electrons. The Balaban J connectivity index is 1.89. The lowest BCUT2D eigenvalue weighted by Crippen LogP contribution is -2.13. The molecule has 0 fully saturated rings. The highest BCUT2D eigenvalue weighted by atomic mass is 32.2. The summed E-state index contributed by atoms with van der Waals surface area (Å²) in [6.45, 7) is 0. The second-order valence-electron chi connectivity index (χ2n) is 6.15. The fourth-order valence-electron chi connectivity index (χ4n) is 2.82. The molecule has 2 aromatic carbocycles. The lowest BCUT2D eigenvalue weighted by Gasteiger charge is -2.11. The van der Waals surface area contributed by atoms with Crippen LogP contribution in [0.2, 0.25) is 0 Å². The minimum Gasteiger partial charge on any atom is -0.497 e. The highest BCUT2D eigenvalue weighted by molar-refractivity contribution is 8.01. The van der Waals surface area contributed by atoms with Crippen molar-refractivity contribution in [2.45, 2.75) is 17.1 Å². The van der Waals surface area contributed by atoms with Crippen LogP contribution in [0.5, 0.6) is 11.5 Å². The molecule has 0 aliphatic heterocycles. The Kier molecular flexibility index (Phi) is 7.94. The lowest BCUT2D eigenvalue weighted by atomic mass is 10.1. The number of benzene rings is 2. The standard InChI is InChI=1S/C22H25NO4S2/c1-24-17-9-5-15(6-10-17)20-21(16-7-11-18(25-2)12-8-16)29-22(23-20)28-14-13-19(26-3)27-4/h5-12,19H,13-14H2,1-4H3. The van der Waals surface area contributed by atoms with E-state index in [4.69, 9.17) is 23.9 Å². The topological polar surface area (TPSA) is 49.8 Å². The maximum absolute atomic E-state index is 5.29. The molecule has 0 atom stereocenters. The van der Waals surface area contributed by atoms with Gasteiger partial charge in [-0.05, 0) is 54.1 Å². The number of aromatic nitrogens is 1. The van der Waals surface area contributed by atoms with Gasteiger partial charge in [0.05, 0.1) is 24.8 Å². The van der Waals surface area contributed by atoms with Gasteiger partial charge in [-0.15, -0.1) is 11.3 Å². The molecular formula is C22H25NO4S2. The molecule has 5 nitrogen and oxygen atoms in total. The van der Waals surface area contributed by atoms with Gasteiger partial charge in [-0.2, -0.15) is 0 Å². The first-order valence-electron chi connectivity index (χ1n) is 9.16. The zero-order chi connectivity index (χ0) is 20.6. The van der Waals surface area contributed by atoms with E-state index >= 15 is 0 Å². The van der Waals surface area contributed by atoms with Crippen LogP contribution >= 0.6 is 23.1 Å². The van der Waals surface area contributed by atoms with E-state index in [0.717, 1.165) is 49.7 Å². The summed E-state index contributed by atoms with van der Waals surface area (Å²) in [7, 11) is 6.66. The maximum atomic E-state index is 5.29. The molecule has 0 saturated heterocycles. The monoisotopic (exact) mass is 431 g/mol. The molecule has 0 aliphatic carbocycles. The number of hydrogen-bond acceptors (Lipinski definition) is 7. The normalized spacial score (nSPS) is 11.1. The Morgan fingerprint density at radius 2 is 1.38 bits per heavy atom. The van der Waals surface area contributed by atoms with Crippen molar-refractivity contribution in [3.63, 3.8) is 0 Å². The molecule has 0 unspecified atom stereocenters. The summed E-state index contributed by atoms with van der Waals surface area (Å²) >= 11 is 3.41. The van der Waals surface area contributed by atoms with Crippen molar-refractivity contribution >= 4 is 23.1 Å². The fraction of sp³-hybridized carbons (Fsp3) is 0.318. The van der Waals surface area contributed by atoms with Crippen LogP contribution in [0.1, 0.15) is 6.42 Å². The van der Waals surface area contributed by atoms with Crippen molar-refractivity contribution in [3.8, 4) is 33.2 Å². The first-order valence-corrected chi connectivity index (χ1v) is 11.0. The Hall–Kier alpha value is -2.06. The molecular weight excluding hydrogens is 406 g/mol. The number of thioether (sulfide) groups is 1. The summed E-state index contributed by atoms with van der Waals surface area (Å²) in [4.78, 5) is 6.07. The zero-order valence-corrected chi connectivity index (χ0v) is 18.6. The van der Waals surface area contributed by atoms with Gasteiger partial charge in [0.25, 0.3) is 0 Å². The summed E-state index contributed by atoms with van der Waals surface area (Å²) in [5, 5.41) is 0. The van der Waals surface area contributed by atoms with Gasteiger partial charge >= 0.3 is 0 Å². The molecule has 0 spiro atoms. The summed E-state index contributed by atoms with van der Waals surface area (Å²) < 4.78 is 22.1. The lowest BCUT2D eigenvalue weighted by molar-refractivity contribution is -0.102. The van der Waals surface area contributed by atoms with Crippen molar-refractivity contribution in [2.75, 3.05) is 34.2 Å². The van der Waals surface area contributed by atoms with Gasteiger partial charge in [0.1, 0.15) is 11.5 Å². The van der Waals surface area contributed by atoms with Gasteiger partial charge in [0.15, 0.2) is 10.6 Å². The average Bonchev–Trinajstić information content (AvgIpc) is 3.21. The van der Waals surface area contributed by atoms with Gasteiger partial charge in [-0.25, -0.2) is 4.98 Å². The third-order valence-corrected chi connectivity index (χ3v) is 6.71. The van der Waals surface area contributed by atoms with Crippen LogP contribution in [0.4, 0.5) is 0 Å². The Morgan fingerprint density at radius 3 is 1.90 bits per heavy atom. The van der Waals surface area contributed by atoms with Gasteiger partial charge in [0, 0.05) is 32.0 Å². The molecule has 7 heteroatoms. The van der Waals surface area contributed by atoms with E-state index in [1.807, 2.05) is 36.4 Å². The third kappa shape index (κ3) is 5.51. The second kappa shape index (κ2) is 10.6. The molecule has 154 valence electrons. The molecule has 3 rings (SSSR count). The molecule has 0 N–H and O–H groups in total. The quantitative estimate of drug-likeness (QED) is 0.308. The number of rotatable bonds is 10. The molecule has 29 heavy (non-hydrogen) atoms. The number of nitrogens with zero attached hydrogens (tertiary/aromatic N) is 1. The van der Waals surface area contributed by atoms with Crippen molar-refractivity contribution in [3.05, 3.63) is 48.5 Å². The van der Waals surface area contributed by atoms with E-state index in [9.17, 15) is 0 Å². The Morgan fingerprint density at radius 1 is 0.828 bits per heavy atom. The minimum atomic E-state index is -0.190. The van der Waals surface area contributed by atoms with E-state index in [1.165, 1.54) is 0 Å². The van der Waals surface area contributed by atoms with Crippen molar-refractivity contribution in [1.29, 1.82) is 0 Å². The van der Waals surface area contributed by atoms with Crippen molar-refractivity contribution in [2.24, 2.45) is 0 Å². The van der Waals surface area contributed by atoms with Crippen LogP contribution in [-0.4, -0.2) is 45.5 Å². The molecule has 3 aromatic rings. The number of hydrogen-bond donors (Lipinski definition) is 0. The predicted octanol–water partition coefficient (Wildman–Crippen LogP) is 5.60. The molecule has 0 amide bonds. The highest BCUT2D eigenvalue weighted by Gasteiger charge is 2.16. The molecule has 1 aromatic heterocycles. The van der Waals surface area contributed by atoms with E-state index in [-0.39, 0.29) is 6.29 Å². The van der Waals surface area contributed by atoms with Gasteiger partial charge < -0.3 is 18.9 Å². The van der Waals surface area contributed by atoms with E-state index in [0.29, 0.717) is 0 Å². The first kappa shape index (κ1) is 21.6.